The zero-order valence-corrected chi connectivity index (χ0v) is 12.1. The Balaban J connectivity index is 2.45. The van der Waals surface area contributed by atoms with E-state index in [1.807, 2.05) is 31.2 Å². The van der Waals surface area contributed by atoms with E-state index < -0.39 is 0 Å². The fourth-order valence-electron chi connectivity index (χ4n) is 1.81. The van der Waals surface area contributed by atoms with E-state index in [0.717, 1.165) is 11.1 Å². The number of nitrogens with zero attached hydrogens (tertiary/aromatic N) is 2. The van der Waals surface area contributed by atoms with Crippen LogP contribution < -0.4 is 9.47 Å². The first-order valence-electron chi connectivity index (χ1n) is 6.28. The third-order valence-electron chi connectivity index (χ3n) is 3.07. The Labute approximate surface area is 118 Å². The minimum absolute atomic E-state index is 0.0162. The topological polar surface area (TPSA) is 53.5 Å². The fraction of sp³-hybridized carbons (Fsp3) is 0.333. The molecule has 0 amide bonds. The third kappa shape index (κ3) is 3.05. The summed E-state index contributed by atoms with van der Waals surface area (Å²) in [7, 11) is 4.81. The van der Waals surface area contributed by atoms with Gasteiger partial charge in [0.05, 0.1) is 26.4 Å². The van der Waals surface area contributed by atoms with Crippen molar-refractivity contribution in [3.63, 3.8) is 0 Å². The van der Waals surface area contributed by atoms with E-state index in [-0.39, 0.29) is 6.10 Å². The number of aromatic nitrogens is 2. The molecule has 1 atom stereocenters. The van der Waals surface area contributed by atoms with Crippen LogP contribution in [-0.2, 0) is 4.74 Å². The van der Waals surface area contributed by atoms with Gasteiger partial charge in [-0.15, -0.1) is 0 Å². The lowest BCUT2D eigenvalue weighted by Gasteiger charge is -2.11. The summed E-state index contributed by atoms with van der Waals surface area (Å²) in [5.41, 5.74) is 1.96. The molecular formula is C15H18N2O3. The van der Waals surface area contributed by atoms with Crippen molar-refractivity contribution in [2.24, 2.45) is 0 Å². The Hall–Kier alpha value is -2.14. The van der Waals surface area contributed by atoms with Crippen LogP contribution in [0.1, 0.15) is 18.6 Å². The van der Waals surface area contributed by atoms with Crippen molar-refractivity contribution in [2.45, 2.75) is 13.0 Å². The summed E-state index contributed by atoms with van der Waals surface area (Å²) < 4.78 is 15.7. The van der Waals surface area contributed by atoms with Gasteiger partial charge in [-0.05, 0) is 18.6 Å². The largest absolute Gasteiger partial charge is 0.481 e. The van der Waals surface area contributed by atoms with Crippen LogP contribution in [0.15, 0.2) is 30.3 Å². The van der Waals surface area contributed by atoms with Crippen LogP contribution in [-0.4, -0.2) is 31.3 Å². The molecule has 5 heteroatoms. The first-order chi connectivity index (χ1) is 9.67. The molecular weight excluding hydrogens is 256 g/mol. The van der Waals surface area contributed by atoms with Gasteiger partial charge < -0.3 is 14.2 Å². The summed E-state index contributed by atoms with van der Waals surface area (Å²) in [6, 6.07) is 9.55. The molecule has 20 heavy (non-hydrogen) atoms. The van der Waals surface area contributed by atoms with Crippen LogP contribution in [0.2, 0.25) is 0 Å². The summed E-state index contributed by atoms with van der Waals surface area (Å²) in [5, 5.41) is 0. The highest BCUT2D eigenvalue weighted by Gasteiger charge is 2.10. The molecule has 0 fully saturated rings. The summed E-state index contributed by atoms with van der Waals surface area (Å²) in [6.07, 6.45) is 0.0162. The van der Waals surface area contributed by atoms with Crippen molar-refractivity contribution in [1.82, 2.24) is 9.97 Å². The zero-order chi connectivity index (χ0) is 14.5. The summed E-state index contributed by atoms with van der Waals surface area (Å²) in [5.74, 6) is 1.50. The van der Waals surface area contributed by atoms with E-state index in [2.05, 4.69) is 9.97 Å². The number of hydrogen-bond acceptors (Lipinski definition) is 5. The monoisotopic (exact) mass is 274 g/mol. The number of methoxy groups -OCH3 is 3. The minimum atomic E-state index is 0.0162. The predicted molar refractivity (Wildman–Crippen MR) is 76.0 cm³/mol. The van der Waals surface area contributed by atoms with Gasteiger partial charge in [0.25, 0.3) is 0 Å². The Kier molecular flexibility index (Phi) is 4.53. The molecule has 0 unspecified atom stereocenters. The van der Waals surface area contributed by atoms with Crippen molar-refractivity contribution in [3.8, 4) is 23.1 Å². The number of hydrogen-bond donors (Lipinski definition) is 0. The highest BCUT2D eigenvalue weighted by Crippen LogP contribution is 2.25. The molecule has 0 N–H and O–H groups in total. The molecule has 5 nitrogen and oxygen atoms in total. The molecule has 106 valence electrons. The van der Waals surface area contributed by atoms with Gasteiger partial charge in [-0.2, -0.15) is 9.97 Å². The van der Waals surface area contributed by atoms with Gasteiger partial charge in [0.15, 0.2) is 5.82 Å². The highest BCUT2D eigenvalue weighted by atomic mass is 16.5. The second-order valence-corrected chi connectivity index (χ2v) is 4.28. The van der Waals surface area contributed by atoms with Crippen LogP contribution in [0.5, 0.6) is 11.8 Å². The van der Waals surface area contributed by atoms with Crippen LogP contribution in [0.4, 0.5) is 0 Å². The highest BCUT2D eigenvalue weighted by molar-refractivity contribution is 5.57. The molecule has 2 rings (SSSR count). The molecule has 0 aliphatic heterocycles. The minimum Gasteiger partial charge on any atom is -0.481 e. The third-order valence-corrected chi connectivity index (χ3v) is 3.07. The molecule has 0 saturated heterocycles. The normalized spacial score (nSPS) is 12.0. The van der Waals surface area contributed by atoms with Crippen LogP contribution in [0.3, 0.4) is 0 Å². The second kappa shape index (κ2) is 6.34. The smallest absolute Gasteiger partial charge is 0.220 e. The SMILES string of the molecule is COc1cc(OC)nc(-c2cccc([C@H](C)OC)c2)n1. The Morgan fingerprint density at radius 1 is 0.950 bits per heavy atom. The van der Waals surface area contributed by atoms with Gasteiger partial charge in [-0.1, -0.05) is 18.2 Å². The molecule has 2 aromatic rings. The van der Waals surface area contributed by atoms with E-state index in [9.17, 15) is 0 Å². The summed E-state index contributed by atoms with van der Waals surface area (Å²) >= 11 is 0. The van der Waals surface area contributed by atoms with Gasteiger partial charge in [0, 0.05) is 12.7 Å². The maximum Gasteiger partial charge on any atom is 0.220 e. The van der Waals surface area contributed by atoms with Gasteiger partial charge in [-0.25, -0.2) is 0 Å². The van der Waals surface area contributed by atoms with Gasteiger partial charge >= 0.3 is 0 Å². The van der Waals surface area contributed by atoms with Crippen LogP contribution in [0, 0.1) is 0 Å². The number of ether oxygens (including phenoxy) is 3. The summed E-state index contributed by atoms with van der Waals surface area (Å²) in [6.45, 7) is 1.99. The van der Waals surface area contributed by atoms with Gasteiger partial charge in [0.2, 0.25) is 11.8 Å². The molecule has 0 aliphatic rings. The van der Waals surface area contributed by atoms with Crippen molar-refractivity contribution in [3.05, 3.63) is 35.9 Å². The Morgan fingerprint density at radius 2 is 1.60 bits per heavy atom. The van der Waals surface area contributed by atoms with Crippen molar-refractivity contribution < 1.29 is 14.2 Å². The van der Waals surface area contributed by atoms with Crippen molar-refractivity contribution in [2.75, 3.05) is 21.3 Å². The molecule has 1 heterocycles. The van der Waals surface area contributed by atoms with Crippen LogP contribution in [0.25, 0.3) is 11.4 Å². The fourth-order valence-corrected chi connectivity index (χ4v) is 1.81. The lowest BCUT2D eigenvalue weighted by Crippen LogP contribution is -1.99. The molecule has 0 aliphatic carbocycles. The number of rotatable bonds is 5. The lowest BCUT2D eigenvalue weighted by atomic mass is 10.1. The molecule has 1 aromatic carbocycles. The molecule has 0 bridgehead atoms. The maximum absolute atomic E-state index is 5.33. The lowest BCUT2D eigenvalue weighted by molar-refractivity contribution is 0.119. The molecule has 0 saturated carbocycles. The predicted octanol–water partition coefficient (Wildman–Crippen LogP) is 2.87. The van der Waals surface area contributed by atoms with E-state index in [1.54, 1.807) is 27.4 Å². The van der Waals surface area contributed by atoms with E-state index in [4.69, 9.17) is 14.2 Å². The average Bonchev–Trinajstić information content (AvgIpc) is 2.53. The Morgan fingerprint density at radius 3 is 2.15 bits per heavy atom. The molecule has 0 spiro atoms. The second-order valence-electron chi connectivity index (χ2n) is 4.28. The first kappa shape index (κ1) is 14.3. The molecule has 1 aromatic heterocycles. The average molecular weight is 274 g/mol. The number of benzene rings is 1. The van der Waals surface area contributed by atoms with Crippen molar-refractivity contribution >= 4 is 0 Å². The summed E-state index contributed by atoms with van der Waals surface area (Å²) in [4.78, 5) is 8.68. The Bertz CT molecular complexity index is 565. The van der Waals surface area contributed by atoms with E-state index in [0.29, 0.717) is 17.6 Å². The van der Waals surface area contributed by atoms with Crippen LogP contribution >= 0.6 is 0 Å². The maximum atomic E-state index is 5.33. The molecule has 0 radical (unpaired) electrons. The quantitative estimate of drug-likeness (QED) is 0.839. The first-order valence-corrected chi connectivity index (χ1v) is 6.28. The van der Waals surface area contributed by atoms with E-state index >= 15 is 0 Å². The van der Waals surface area contributed by atoms with Gasteiger partial charge in [0.1, 0.15) is 0 Å². The van der Waals surface area contributed by atoms with E-state index in [1.165, 1.54) is 0 Å². The zero-order valence-electron chi connectivity index (χ0n) is 12.1. The van der Waals surface area contributed by atoms with Crippen molar-refractivity contribution in [1.29, 1.82) is 0 Å². The van der Waals surface area contributed by atoms with Gasteiger partial charge in [-0.3, -0.25) is 0 Å². The standard InChI is InChI=1S/C15H18N2O3/c1-10(18-2)11-6-5-7-12(8-11)15-16-13(19-3)9-14(17-15)20-4/h5-10H,1-4H3/t10-/m0/s1.